The number of nitrogens with zero attached hydrogens (tertiary/aromatic N) is 1. The molecule has 0 atom stereocenters. The van der Waals surface area contributed by atoms with Crippen molar-refractivity contribution in [1.82, 2.24) is 5.32 Å². The Balaban J connectivity index is 2.70. The van der Waals surface area contributed by atoms with Gasteiger partial charge in [0.25, 0.3) is 0 Å². The molecule has 6 nitrogen and oxygen atoms in total. The van der Waals surface area contributed by atoms with Gasteiger partial charge in [-0.3, -0.25) is 14.4 Å². The average molecular weight is 306 g/mol. The molecule has 0 saturated carbocycles. The summed E-state index contributed by atoms with van der Waals surface area (Å²) in [7, 11) is 1.56. The van der Waals surface area contributed by atoms with Crippen molar-refractivity contribution < 1.29 is 19.1 Å². The van der Waals surface area contributed by atoms with E-state index < -0.39 is 0 Å². The van der Waals surface area contributed by atoms with Crippen LogP contribution in [0.1, 0.15) is 30.6 Å². The minimum Gasteiger partial charge on any atom is -0.383 e. The molecule has 2 amide bonds. The van der Waals surface area contributed by atoms with E-state index in [2.05, 4.69) is 5.32 Å². The van der Waals surface area contributed by atoms with Crippen LogP contribution in [0.25, 0.3) is 0 Å². The van der Waals surface area contributed by atoms with Crippen molar-refractivity contribution in [3.63, 3.8) is 0 Å². The van der Waals surface area contributed by atoms with E-state index in [0.717, 1.165) is 0 Å². The molecule has 1 aromatic rings. The number of hydrogen-bond acceptors (Lipinski definition) is 4. The number of carbonyl (C=O) groups excluding carboxylic acids is 3. The first-order chi connectivity index (χ1) is 10.5. The van der Waals surface area contributed by atoms with Crippen molar-refractivity contribution in [3.05, 3.63) is 29.8 Å². The topological polar surface area (TPSA) is 75.7 Å². The number of carbonyl (C=O) groups is 3. The van der Waals surface area contributed by atoms with Crippen molar-refractivity contribution in [2.45, 2.75) is 20.3 Å². The monoisotopic (exact) mass is 306 g/mol. The van der Waals surface area contributed by atoms with Gasteiger partial charge in [0.2, 0.25) is 11.8 Å². The van der Waals surface area contributed by atoms with E-state index in [1.165, 1.54) is 18.7 Å². The van der Waals surface area contributed by atoms with E-state index in [9.17, 15) is 14.4 Å². The molecule has 0 heterocycles. The van der Waals surface area contributed by atoms with Crippen molar-refractivity contribution >= 4 is 23.3 Å². The molecule has 0 fully saturated rings. The Kier molecular flexibility index (Phi) is 7.25. The van der Waals surface area contributed by atoms with Gasteiger partial charge in [0, 0.05) is 44.8 Å². The predicted octanol–water partition coefficient (Wildman–Crippen LogP) is 1.39. The van der Waals surface area contributed by atoms with Crippen molar-refractivity contribution in [2.75, 3.05) is 31.7 Å². The fourth-order valence-electron chi connectivity index (χ4n) is 1.96. The molecule has 6 heteroatoms. The van der Waals surface area contributed by atoms with Crippen LogP contribution in [0, 0.1) is 0 Å². The maximum atomic E-state index is 11.8. The summed E-state index contributed by atoms with van der Waals surface area (Å²) >= 11 is 0. The number of ketones is 1. The number of anilines is 1. The minimum atomic E-state index is -0.176. The molecule has 0 aliphatic carbocycles. The van der Waals surface area contributed by atoms with Crippen LogP contribution < -0.4 is 10.2 Å². The molecule has 1 rings (SSSR count). The summed E-state index contributed by atoms with van der Waals surface area (Å²) in [6, 6.07) is 6.82. The molecule has 0 bridgehead atoms. The third-order valence-corrected chi connectivity index (χ3v) is 3.14. The van der Waals surface area contributed by atoms with Gasteiger partial charge in [-0.1, -0.05) is 12.1 Å². The first-order valence-corrected chi connectivity index (χ1v) is 7.10. The van der Waals surface area contributed by atoms with Crippen molar-refractivity contribution in [3.8, 4) is 0 Å². The highest BCUT2D eigenvalue weighted by Gasteiger charge is 2.14. The smallest absolute Gasteiger partial charge is 0.223 e. The van der Waals surface area contributed by atoms with Crippen molar-refractivity contribution in [1.29, 1.82) is 0 Å². The molecular formula is C16H22N2O4. The second-order valence-electron chi connectivity index (χ2n) is 4.87. The van der Waals surface area contributed by atoms with Gasteiger partial charge in [0.1, 0.15) is 0 Å². The number of ether oxygens (including phenoxy) is 1. The lowest BCUT2D eigenvalue weighted by molar-refractivity contribution is -0.121. The third-order valence-electron chi connectivity index (χ3n) is 3.14. The predicted molar refractivity (Wildman–Crippen MR) is 84.0 cm³/mol. The highest BCUT2D eigenvalue weighted by Crippen LogP contribution is 2.17. The highest BCUT2D eigenvalue weighted by atomic mass is 16.5. The van der Waals surface area contributed by atoms with E-state index in [1.807, 2.05) is 0 Å². The first-order valence-electron chi connectivity index (χ1n) is 7.10. The minimum absolute atomic E-state index is 0.0670. The Labute approximate surface area is 130 Å². The van der Waals surface area contributed by atoms with E-state index in [0.29, 0.717) is 24.4 Å². The van der Waals surface area contributed by atoms with Crippen LogP contribution in [0.15, 0.2) is 24.3 Å². The van der Waals surface area contributed by atoms with E-state index in [-0.39, 0.29) is 30.6 Å². The van der Waals surface area contributed by atoms with Gasteiger partial charge in [-0.15, -0.1) is 0 Å². The van der Waals surface area contributed by atoms with E-state index in [1.54, 1.807) is 31.4 Å². The van der Waals surface area contributed by atoms with Gasteiger partial charge < -0.3 is 15.0 Å². The van der Waals surface area contributed by atoms with Gasteiger partial charge >= 0.3 is 0 Å². The lowest BCUT2D eigenvalue weighted by Gasteiger charge is -2.21. The fourth-order valence-corrected chi connectivity index (χ4v) is 1.96. The van der Waals surface area contributed by atoms with Crippen LogP contribution in [-0.4, -0.2) is 44.4 Å². The maximum Gasteiger partial charge on any atom is 0.223 e. The number of nitrogens with one attached hydrogen (secondary N) is 1. The molecular weight excluding hydrogens is 284 g/mol. The quantitative estimate of drug-likeness (QED) is 0.582. The molecule has 0 unspecified atom stereocenters. The number of Topliss-reactive ketones (excluding diaryl/α,β-unsaturated/α-hetero) is 1. The molecule has 0 saturated heterocycles. The second-order valence-corrected chi connectivity index (χ2v) is 4.87. The summed E-state index contributed by atoms with van der Waals surface area (Å²) in [6.07, 6.45) is 0.188. The van der Waals surface area contributed by atoms with Crippen molar-refractivity contribution in [2.24, 2.45) is 0 Å². The zero-order valence-electron chi connectivity index (χ0n) is 13.2. The van der Waals surface area contributed by atoms with Crippen LogP contribution in [0.5, 0.6) is 0 Å². The zero-order chi connectivity index (χ0) is 16.5. The maximum absolute atomic E-state index is 11.8. The first kappa shape index (κ1) is 17.8. The largest absolute Gasteiger partial charge is 0.383 e. The van der Waals surface area contributed by atoms with Gasteiger partial charge in [-0.2, -0.15) is 0 Å². The lowest BCUT2D eigenvalue weighted by Crippen LogP contribution is -2.34. The molecule has 0 spiro atoms. The van der Waals surface area contributed by atoms with Crippen LogP contribution >= 0.6 is 0 Å². The Morgan fingerprint density at radius 2 is 1.95 bits per heavy atom. The second kappa shape index (κ2) is 8.94. The Hall–Kier alpha value is -2.21. The summed E-state index contributed by atoms with van der Waals surface area (Å²) in [5.41, 5.74) is 1.15. The summed E-state index contributed by atoms with van der Waals surface area (Å²) in [4.78, 5) is 36.4. The Morgan fingerprint density at radius 3 is 2.55 bits per heavy atom. The molecule has 0 radical (unpaired) electrons. The van der Waals surface area contributed by atoms with E-state index >= 15 is 0 Å². The standard InChI is InChI=1S/C16H22N2O4/c1-12(19)14-5-4-6-15(11-14)18(13(2)20)9-7-16(21)17-8-10-22-3/h4-6,11H,7-10H2,1-3H3,(H,17,21). The number of benzene rings is 1. The number of hydrogen-bond donors (Lipinski definition) is 1. The highest BCUT2D eigenvalue weighted by molar-refractivity contribution is 5.97. The lowest BCUT2D eigenvalue weighted by atomic mass is 10.1. The molecule has 1 N–H and O–H groups in total. The average Bonchev–Trinajstić information content (AvgIpc) is 2.47. The van der Waals surface area contributed by atoms with Crippen LogP contribution in [0.4, 0.5) is 5.69 Å². The molecule has 120 valence electrons. The summed E-state index contributed by atoms with van der Waals surface area (Å²) < 4.78 is 4.85. The zero-order valence-corrected chi connectivity index (χ0v) is 13.2. The van der Waals surface area contributed by atoms with Crippen LogP contribution in [0.3, 0.4) is 0 Å². The molecule has 22 heavy (non-hydrogen) atoms. The van der Waals surface area contributed by atoms with Gasteiger partial charge in [-0.25, -0.2) is 0 Å². The molecule has 0 aliphatic heterocycles. The number of rotatable bonds is 8. The summed E-state index contributed by atoms with van der Waals surface area (Å²) in [5, 5.41) is 2.70. The Bertz CT molecular complexity index is 543. The van der Waals surface area contributed by atoms with Gasteiger partial charge in [0.15, 0.2) is 5.78 Å². The van der Waals surface area contributed by atoms with Gasteiger partial charge in [0.05, 0.1) is 6.61 Å². The molecule has 0 aliphatic rings. The van der Waals surface area contributed by atoms with E-state index in [4.69, 9.17) is 4.74 Å². The van der Waals surface area contributed by atoms with Gasteiger partial charge in [-0.05, 0) is 19.1 Å². The number of methoxy groups -OCH3 is 1. The third kappa shape index (κ3) is 5.65. The SMILES string of the molecule is COCCNC(=O)CCN(C(C)=O)c1cccc(C(C)=O)c1. The summed E-state index contributed by atoms with van der Waals surface area (Å²) in [6.45, 7) is 4.05. The normalized spacial score (nSPS) is 10.1. The Morgan fingerprint density at radius 1 is 1.23 bits per heavy atom. The fraction of sp³-hybridized carbons (Fsp3) is 0.438. The molecule has 0 aromatic heterocycles. The van der Waals surface area contributed by atoms with Crippen LogP contribution in [0.2, 0.25) is 0 Å². The van der Waals surface area contributed by atoms with Crippen LogP contribution in [-0.2, 0) is 14.3 Å². The molecule has 1 aromatic carbocycles. The summed E-state index contributed by atoms with van der Waals surface area (Å²) in [5.74, 6) is -0.390. The number of amides is 2.